The van der Waals surface area contributed by atoms with Crippen LogP contribution >= 0.6 is 35.0 Å². The summed E-state index contributed by atoms with van der Waals surface area (Å²) in [6, 6.07) is 7.00. The molecule has 170 valence electrons. The number of hydrogen-bond acceptors (Lipinski definition) is 7. The number of anilines is 1. The third-order valence-corrected chi connectivity index (χ3v) is 5.87. The van der Waals surface area contributed by atoms with Crippen molar-refractivity contribution in [1.82, 2.24) is 14.8 Å². The van der Waals surface area contributed by atoms with Gasteiger partial charge in [-0.2, -0.15) is 0 Å². The highest BCUT2D eigenvalue weighted by Crippen LogP contribution is 2.36. The van der Waals surface area contributed by atoms with E-state index in [4.69, 9.17) is 37.4 Å². The highest BCUT2D eigenvalue weighted by Gasteiger charge is 2.16. The second-order valence-corrected chi connectivity index (χ2v) is 8.10. The second kappa shape index (κ2) is 10.8. The van der Waals surface area contributed by atoms with Gasteiger partial charge >= 0.3 is 0 Å². The monoisotopic (exact) mass is 500 g/mol. The maximum absolute atomic E-state index is 13.1. The maximum atomic E-state index is 13.1. The molecule has 1 heterocycles. The van der Waals surface area contributed by atoms with Crippen molar-refractivity contribution >= 4 is 46.6 Å². The normalized spacial score (nSPS) is 10.7. The lowest BCUT2D eigenvalue weighted by Gasteiger charge is -2.13. The fourth-order valence-corrected chi connectivity index (χ4v) is 3.79. The van der Waals surface area contributed by atoms with Crippen molar-refractivity contribution in [2.24, 2.45) is 7.05 Å². The molecule has 0 saturated heterocycles. The van der Waals surface area contributed by atoms with E-state index in [9.17, 15) is 9.18 Å². The van der Waals surface area contributed by atoms with Crippen molar-refractivity contribution in [1.29, 1.82) is 0 Å². The standard InChI is InChI=1S/C20H19Cl2FN4O4S/c1-27-18(9-31-15-5-4-11(23)6-12(15)21)25-26-20(27)32-10-19(28)24-14-8-16(29-2)13(22)7-17(14)30-3/h4-8H,9-10H2,1-3H3,(H,24,28). The highest BCUT2D eigenvalue weighted by atomic mass is 35.5. The molecule has 8 nitrogen and oxygen atoms in total. The SMILES string of the molecule is COc1cc(NC(=O)CSc2nnc(COc3ccc(F)cc3Cl)n2C)c(OC)cc1Cl. The summed E-state index contributed by atoms with van der Waals surface area (Å²) in [5, 5.41) is 12.0. The molecule has 0 radical (unpaired) electrons. The van der Waals surface area contributed by atoms with Crippen molar-refractivity contribution in [3.05, 3.63) is 52.0 Å². The Morgan fingerprint density at radius 2 is 1.81 bits per heavy atom. The van der Waals surface area contributed by atoms with Crippen molar-refractivity contribution in [2.45, 2.75) is 11.8 Å². The van der Waals surface area contributed by atoms with Crippen LogP contribution in [0.15, 0.2) is 35.5 Å². The van der Waals surface area contributed by atoms with E-state index in [1.54, 1.807) is 23.7 Å². The number of carbonyl (C=O) groups excluding carboxylic acids is 1. The Labute approximate surface area is 198 Å². The second-order valence-electron chi connectivity index (χ2n) is 6.35. The van der Waals surface area contributed by atoms with Gasteiger partial charge in [0, 0.05) is 19.2 Å². The Kier molecular flexibility index (Phi) is 8.05. The Hall–Kier alpha value is -2.69. The van der Waals surface area contributed by atoms with Gasteiger partial charge in [-0.3, -0.25) is 4.79 Å². The van der Waals surface area contributed by atoms with Crippen molar-refractivity contribution < 1.29 is 23.4 Å². The van der Waals surface area contributed by atoms with Crippen LogP contribution in [0.25, 0.3) is 0 Å². The predicted molar refractivity (Wildman–Crippen MR) is 121 cm³/mol. The number of carbonyl (C=O) groups is 1. The van der Waals surface area contributed by atoms with Gasteiger partial charge < -0.3 is 24.1 Å². The van der Waals surface area contributed by atoms with Crippen LogP contribution in [0.5, 0.6) is 17.2 Å². The van der Waals surface area contributed by atoms with Gasteiger partial charge in [-0.1, -0.05) is 35.0 Å². The van der Waals surface area contributed by atoms with E-state index in [2.05, 4.69) is 15.5 Å². The number of amides is 1. The third-order valence-electron chi connectivity index (χ3n) is 4.26. The first-order chi connectivity index (χ1) is 15.3. The number of thioether (sulfide) groups is 1. The summed E-state index contributed by atoms with van der Waals surface area (Å²) in [6.45, 7) is 0.0728. The molecule has 1 N–H and O–H groups in total. The minimum absolute atomic E-state index is 0.0728. The zero-order chi connectivity index (χ0) is 23.3. The molecule has 1 amide bonds. The summed E-state index contributed by atoms with van der Waals surface area (Å²) in [6.07, 6.45) is 0. The van der Waals surface area contributed by atoms with E-state index < -0.39 is 5.82 Å². The Morgan fingerprint density at radius 1 is 1.09 bits per heavy atom. The van der Waals surface area contributed by atoms with E-state index in [-0.39, 0.29) is 23.3 Å². The third kappa shape index (κ3) is 5.76. The van der Waals surface area contributed by atoms with Crippen LogP contribution in [-0.2, 0) is 18.4 Å². The first-order valence-electron chi connectivity index (χ1n) is 9.12. The van der Waals surface area contributed by atoms with Crippen molar-refractivity contribution in [2.75, 3.05) is 25.3 Å². The van der Waals surface area contributed by atoms with E-state index in [0.29, 0.717) is 38.9 Å². The number of ether oxygens (including phenoxy) is 3. The van der Waals surface area contributed by atoms with E-state index >= 15 is 0 Å². The Balaban J connectivity index is 1.59. The molecule has 3 rings (SSSR count). The molecule has 0 atom stereocenters. The van der Waals surface area contributed by atoms with Gasteiger partial charge in [0.1, 0.15) is 29.7 Å². The van der Waals surface area contributed by atoms with Crippen LogP contribution in [-0.4, -0.2) is 40.6 Å². The number of aromatic nitrogens is 3. The number of nitrogens with zero attached hydrogens (tertiary/aromatic N) is 3. The molecular formula is C20H19Cl2FN4O4S. The lowest BCUT2D eigenvalue weighted by Crippen LogP contribution is -2.15. The van der Waals surface area contributed by atoms with E-state index in [1.165, 1.54) is 44.2 Å². The fourth-order valence-electron chi connectivity index (χ4n) is 2.61. The number of benzene rings is 2. The predicted octanol–water partition coefficient (Wildman–Crippen LogP) is 4.59. The maximum Gasteiger partial charge on any atom is 0.234 e. The Morgan fingerprint density at radius 3 is 2.50 bits per heavy atom. The molecule has 1 aromatic heterocycles. The summed E-state index contributed by atoms with van der Waals surface area (Å²) in [5.41, 5.74) is 0.433. The van der Waals surface area contributed by atoms with Gasteiger partial charge in [0.15, 0.2) is 11.0 Å². The molecular weight excluding hydrogens is 482 g/mol. The molecule has 0 aliphatic heterocycles. The van der Waals surface area contributed by atoms with Crippen molar-refractivity contribution in [3.63, 3.8) is 0 Å². The molecule has 0 spiro atoms. The number of methoxy groups -OCH3 is 2. The molecule has 2 aromatic carbocycles. The number of hydrogen-bond donors (Lipinski definition) is 1. The highest BCUT2D eigenvalue weighted by molar-refractivity contribution is 7.99. The van der Waals surface area contributed by atoms with Crippen LogP contribution in [0.2, 0.25) is 10.0 Å². The summed E-state index contributed by atoms with van der Waals surface area (Å²) in [7, 11) is 4.71. The van der Waals surface area contributed by atoms with Crippen LogP contribution in [0, 0.1) is 5.82 Å². The summed E-state index contributed by atoms with van der Waals surface area (Å²) >= 11 is 13.2. The summed E-state index contributed by atoms with van der Waals surface area (Å²) in [4.78, 5) is 12.4. The number of halogens is 3. The van der Waals surface area contributed by atoms with Gasteiger partial charge in [0.25, 0.3) is 0 Å². The fraction of sp³-hybridized carbons (Fsp3) is 0.250. The van der Waals surface area contributed by atoms with Gasteiger partial charge in [-0.15, -0.1) is 10.2 Å². The minimum atomic E-state index is -0.451. The quantitative estimate of drug-likeness (QED) is 0.430. The molecule has 0 saturated carbocycles. The molecule has 32 heavy (non-hydrogen) atoms. The molecule has 0 fully saturated rings. The first-order valence-corrected chi connectivity index (χ1v) is 10.9. The lowest BCUT2D eigenvalue weighted by atomic mass is 10.2. The smallest absolute Gasteiger partial charge is 0.234 e. The average molecular weight is 501 g/mol. The molecule has 3 aromatic rings. The topological polar surface area (TPSA) is 87.5 Å². The zero-order valence-electron chi connectivity index (χ0n) is 17.3. The van der Waals surface area contributed by atoms with Crippen LogP contribution in [0.4, 0.5) is 10.1 Å². The number of nitrogens with one attached hydrogen (secondary N) is 1. The largest absolute Gasteiger partial charge is 0.495 e. The van der Waals surface area contributed by atoms with Crippen LogP contribution in [0.3, 0.4) is 0 Å². The van der Waals surface area contributed by atoms with Crippen molar-refractivity contribution in [3.8, 4) is 17.2 Å². The Bertz CT molecular complexity index is 1130. The minimum Gasteiger partial charge on any atom is -0.495 e. The van der Waals surface area contributed by atoms with Crippen LogP contribution < -0.4 is 19.5 Å². The van der Waals surface area contributed by atoms with Gasteiger partial charge in [0.2, 0.25) is 5.91 Å². The number of rotatable bonds is 9. The lowest BCUT2D eigenvalue weighted by molar-refractivity contribution is -0.113. The summed E-state index contributed by atoms with van der Waals surface area (Å²) < 4.78 is 30.9. The van der Waals surface area contributed by atoms with E-state index in [1.807, 2.05) is 0 Å². The van der Waals surface area contributed by atoms with E-state index in [0.717, 1.165) is 0 Å². The van der Waals surface area contributed by atoms with Gasteiger partial charge in [0.05, 0.1) is 35.7 Å². The molecule has 0 bridgehead atoms. The van der Waals surface area contributed by atoms with Crippen LogP contribution in [0.1, 0.15) is 5.82 Å². The first kappa shape index (κ1) is 24.0. The molecule has 12 heteroatoms. The average Bonchev–Trinajstić information content (AvgIpc) is 3.12. The molecule has 0 unspecified atom stereocenters. The van der Waals surface area contributed by atoms with Gasteiger partial charge in [-0.25, -0.2) is 4.39 Å². The zero-order valence-corrected chi connectivity index (χ0v) is 19.6. The summed E-state index contributed by atoms with van der Waals surface area (Å²) in [5.74, 6) is 1.00. The molecule has 0 aliphatic carbocycles. The molecule has 0 aliphatic rings. The van der Waals surface area contributed by atoms with Gasteiger partial charge in [-0.05, 0) is 18.2 Å².